The Morgan fingerprint density at radius 1 is 0.727 bits per heavy atom. The molecule has 2 heterocycles. The van der Waals surface area contributed by atoms with Crippen LogP contribution in [0.1, 0.15) is 90.6 Å². The minimum absolute atomic E-state index is 0.0895. The third-order valence-corrected chi connectivity index (χ3v) is 10.1. The van der Waals surface area contributed by atoms with E-state index in [1.54, 1.807) is 48.5 Å². The van der Waals surface area contributed by atoms with E-state index in [4.69, 9.17) is 10.8 Å². The average molecular weight is 739 g/mol. The van der Waals surface area contributed by atoms with Gasteiger partial charge in [-0.1, -0.05) is 48.5 Å². The van der Waals surface area contributed by atoms with Crippen LogP contribution in [-0.4, -0.2) is 52.1 Å². The van der Waals surface area contributed by atoms with E-state index in [1.807, 2.05) is 76.2 Å². The molecular weight excluding hydrogens is 693 g/mol. The van der Waals surface area contributed by atoms with Crippen molar-refractivity contribution in [1.29, 1.82) is 0 Å². The van der Waals surface area contributed by atoms with Gasteiger partial charge in [-0.2, -0.15) is 10.2 Å². The molecule has 0 bridgehead atoms. The summed E-state index contributed by atoms with van der Waals surface area (Å²) in [5, 5.41) is 25.4. The molecule has 2 amide bonds. The van der Waals surface area contributed by atoms with Gasteiger partial charge in [0.25, 0.3) is 17.5 Å². The Morgan fingerprint density at radius 3 is 1.84 bits per heavy atom. The Morgan fingerprint density at radius 2 is 1.25 bits per heavy atom. The van der Waals surface area contributed by atoms with Crippen LogP contribution in [0, 0.1) is 0 Å². The van der Waals surface area contributed by atoms with E-state index in [9.17, 15) is 14.4 Å². The van der Waals surface area contributed by atoms with E-state index in [1.165, 1.54) is 25.8 Å². The summed E-state index contributed by atoms with van der Waals surface area (Å²) in [7, 11) is 1.47. The molecule has 0 saturated carbocycles. The zero-order valence-corrected chi connectivity index (χ0v) is 32.2. The quantitative estimate of drug-likeness (QED) is 0.0861. The van der Waals surface area contributed by atoms with Gasteiger partial charge >= 0.3 is 0 Å². The van der Waals surface area contributed by atoms with Crippen molar-refractivity contribution in [3.63, 3.8) is 0 Å². The van der Waals surface area contributed by atoms with Crippen LogP contribution in [0.3, 0.4) is 0 Å². The summed E-state index contributed by atoms with van der Waals surface area (Å²) < 4.78 is 0. The first-order chi connectivity index (χ1) is 26.0. The molecule has 2 unspecified atom stereocenters. The van der Waals surface area contributed by atoms with Crippen LogP contribution < -0.4 is 16.4 Å². The lowest BCUT2D eigenvalue weighted by Crippen LogP contribution is -2.66. The van der Waals surface area contributed by atoms with Crippen LogP contribution in [0.2, 0.25) is 0 Å². The Hall–Kier alpha value is -6.14. The molecule has 0 aromatic heterocycles. The maximum Gasteiger partial charge on any atom is 0.278 e. The zero-order valence-electron chi connectivity index (χ0n) is 32.2. The maximum atomic E-state index is 15.4. The third-order valence-electron chi connectivity index (χ3n) is 10.1. The highest BCUT2D eigenvalue weighted by molar-refractivity contribution is 6.04. The molecule has 282 valence electrons. The van der Waals surface area contributed by atoms with Gasteiger partial charge in [0.1, 0.15) is 0 Å². The standard InChI is InChI=1S/C43H46N8O4/c1-26(52)28-16-20-32(21-17-28)47-49-37(36-34-14-10-8-12-30(34)24-41(3,4)45-36)39(54)51(7)43(40(44)55,50-48-33-22-18-29(19-23-33)27(2)53)38-35-15-11-9-13-31(35)25-42(5,6)46-38/h8-23,38,45-46H,24-25H2,1-7H3,(H2,44,55). The van der Waals surface area contributed by atoms with Crippen molar-refractivity contribution in [1.82, 2.24) is 15.5 Å². The number of hydrogen-bond donors (Lipinski definition) is 3. The summed E-state index contributed by atoms with van der Waals surface area (Å²) >= 11 is 0. The highest BCUT2D eigenvalue weighted by Crippen LogP contribution is 2.42. The first-order valence-electron chi connectivity index (χ1n) is 18.1. The molecule has 0 aliphatic carbocycles. The number of azo groups is 2. The van der Waals surface area contributed by atoms with E-state index in [-0.39, 0.29) is 17.3 Å². The normalized spacial score (nSPS) is 19.1. The smallest absolute Gasteiger partial charge is 0.278 e. The SMILES string of the molecule is CC(=O)c1ccc(N=NC(C(=O)N(C)C(N=Nc2ccc(C(C)=O)cc2)(C(N)=O)C2NC(C)(C)Cc3ccccc32)=C2NC(C)(C)Cc3ccccc32)cc1. The number of Topliss-reactive ketones (excluding diaryl/α,β-unsaturated/α-hetero) is 2. The van der Waals surface area contributed by atoms with Gasteiger partial charge in [0.2, 0.25) is 0 Å². The number of nitrogens with two attached hydrogens (primary N) is 1. The number of likely N-dealkylation sites (N-methyl/N-ethyl adjacent to an activating group) is 1. The largest absolute Gasteiger partial charge is 0.377 e. The number of nitrogens with one attached hydrogen (secondary N) is 2. The highest BCUT2D eigenvalue weighted by atomic mass is 16.2. The maximum absolute atomic E-state index is 15.4. The summed E-state index contributed by atoms with van der Waals surface area (Å²) in [4.78, 5) is 54.8. The van der Waals surface area contributed by atoms with E-state index in [0.717, 1.165) is 22.3 Å². The fourth-order valence-corrected chi connectivity index (χ4v) is 7.28. The van der Waals surface area contributed by atoms with E-state index in [2.05, 4.69) is 26.0 Å². The molecule has 12 nitrogen and oxygen atoms in total. The molecule has 0 radical (unpaired) electrons. The molecule has 4 aromatic rings. The van der Waals surface area contributed by atoms with E-state index >= 15 is 4.79 Å². The third kappa shape index (κ3) is 7.90. The van der Waals surface area contributed by atoms with Crippen molar-refractivity contribution in [3.05, 3.63) is 136 Å². The second-order valence-electron chi connectivity index (χ2n) is 15.5. The average Bonchev–Trinajstić information content (AvgIpc) is 3.14. The summed E-state index contributed by atoms with van der Waals surface area (Å²) in [6, 6.07) is 27.5. The first-order valence-corrected chi connectivity index (χ1v) is 18.1. The molecule has 6 rings (SSSR count). The first kappa shape index (κ1) is 38.6. The van der Waals surface area contributed by atoms with Crippen molar-refractivity contribution in [2.45, 2.75) is 77.2 Å². The predicted octanol–water partition coefficient (Wildman–Crippen LogP) is 7.56. The van der Waals surface area contributed by atoms with Gasteiger partial charge in [-0.3, -0.25) is 19.2 Å². The summed E-state index contributed by atoms with van der Waals surface area (Å²) in [5.74, 6) is -1.85. The van der Waals surface area contributed by atoms with Crippen LogP contribution in [0.25, 0.3) is 5.70 Å². The fraction of sp³-hybridized carbons (Fsp3) is 0.302. The minimum atomic E-state index is -2.15. The van der Waals surface area contributed by atoms with Gasteiger partial charge in [-0.15, -0.1) is 10.2 Å². The number of rotatable bonds is 10. The number of primary amides is 1. The number of nitrogens with zero attached hydrogens (tertiary/aromatic N) is 5. The van der Waals surface area contributed by atoms with Crippen molar-refractivity contribution < 1.29 is 19.2 Å². The van der Waals surface area contributed by atoms with Gasteiger partial charge in [-0.25, -0.2) is 0 Å². The molecule has 2 aliphatic rings. The Bertz CT molecular complexity index is 2260. The summed E-state index contributed by atoms with van der Waals surface area (Å²) in [6.45, 7) is 11.0. The molecule has 2 atom stereocenters. The van der Waals surface area contributed by atoms with Crippen LogP contribution in [0.5, 0.6) is 0 Å². The predicted molar refractivity (Wildman–Crippen MR) is 211 cm³/mol. The number of carbonyl (C=O) groups excluding carboxylic acids is 4. The second-order valence-corrected chi connectivity index (χ2v) is 15.5. The van der Waals surface area contributed by atoms with E-state index < -0.39 is 34.6 Å². The number of hydrogen-bond acceptors (Lipinski definition) is 10. The molecule has 0 saturated heterocycles. The van der Waals surface area contributed by atoms with Gasteiger partial charge in [-0.05, 0) is 120 Å². The lowest BCUT2D eigenvalue weighted by Gasteiger charge is -2.47. The van der Waals surface area contributed by atoms with Crippen molar-refractivity contribution in [2.75, 3.05) is 7.05 Å². The van der Waals surface area contributed by atoms with E-state index in [0.29, 0.717) is 41.0 Å². The van der Waals surface area contributed by atoms with Gasteiger partial charge in [0.15, 0.2) is 17.3 Å². The van der Waals surface area contributed by atoms with Gasteiger partial charge in [0, 0.05) is 34.8 Å². The zero-order chi connectivity index (χ0) is 39.7. The lowest BCUT2D eigenvalue weighted by atomic mass is 9.78. The molecular formula is C43H46N8O4. The lowest BCUT2D eigenvalue weighted by molar-refractivity contribution is -0.144. The van der Waals surface area contributed by atoms with Gasteiger partial charge < -0.3 is 21.3 Å². The highest BCUT2D eigenvalue weighted by Gasteiger charge is 2.55. The number of carbonyl (C=O) groups is 4. The Balaban J connectivity index is 1.58. The van der Waals surface area contributed by atoms with Crippen LogP contribution in [0.15, 0.2) is 123 Å². The van der Waals surface area contributed by atoms with Crippen LogP contribution in [0.4, 0.5) is 11.4 Å². The molecule has 2 aliphatic heterocycles. The number of fused-ring (bicyclic) bond motifs is 2. The minimum Gasteiger partial charge on any atom is -0.377 e. The number of amides is 2. The summed E-state index contributed by atoms with van der Waals surface area (Å²) in [6.07, 6.45) is 1.31. The summed E-state index contributed by atoms with van der Waals surface area (Å²) in [5.41, 5.74) is 8.74. The Labute approximate surface area is 321 Å². The number of ketones is 2. The van der Waals surface area contributed by atoms with Crippen molar-refractivity contribution in [3.8, 4) is 0 Å². The molecule has 55 heavy (non-hydrogen) atoms. The number of benzene rings is 4. The second kappa shape index (κ2) is 14.9. The molecule has 12 heteroatoms. The topological polar surface area (TPSA) is 171 Å². The van der Waals surface area contributed by atoms with Gasteiger partial charge in [0.05, 0.1) is 23.1 Å². The monoisotopic (exact) mass is 738 g/mol. The Kier molecular flexibility index (Phi) is 10.5. The van der Waals surface area contributed by atoms with Crippen molar-refractivity contribution in [2.24, 2.45) is 26.2 Å². The molecule has 4 N–H and O–H groups in total. The molecule has 4 aromatic carbocycles. The molecule has 0 fully saturated rings. The van der Waals surface area contributed by atoms with Crippen LogP contribution >= 0.6 is 0 Å². The molecule has 0 spiro atoms. The fourth-order valence-electron chi connectivity index (χ4n) is 7.28. The van der Waals surface area contributed by atoms with Crippen molar-refractivity contribution >= 4 is 40.5 Å². The van der Waals surface area contributed by atoms with Crippen LogP contribution in [-0.2, 0) is 22.4 Å².